The number of nitrogens with zero attached hydrogens (tertiary/aromatic N) is 1. The van der Waals surface area contributed by atoms with Crippen molar-refractivity contribution in [3.05, 3.63) is 22.4 Å². The van der Waals surface area contributed by atoms with Gasteiger partial charge >= 0.3 is 5.97 Å². The van der Waals surface area contributed by atoms with Gasteiger partial charge in [-0.3, -0.25) is 5.32 Å². The summed E-state index contributed by atoms with van der Waals surface area (Å²) in [4.78, 5) is 15.3. The van der Waals surface area contributed by atoms with E-state index in [0.717, 1.165) is 31.1 Å². The largest absolute Gasteiger partial charge is 0.465 e. The monoisotopic (exact) mass is 284 g/mol. The van der Waals surface area contributed by atoms with Crippen LogP contribution in [-0.4, -0.2) is 43.7 Å². The Balaban J connectivity index is 2.53. The van der Waals surface area contributed by atoms with Gasteiger partial charge in [0, 0.05) is 18.0 Å². The second-order valence-corrected chi connectivity index (χ2v) is 5.16. The molecule has 1 atom stereocenters. The van der Waals surface area contributed by atoms with Crippen LogP contribution in [0.15, 0.2) is 17.5 Å². The van der Waals surface area contributed by atoms with E-state index in [9.17, 15) is 4.79 Å². The lowest BCUT2D eigenvalue weighted by Crippen LogP contribution is -2.36. The summed E-state index contributed by atoms with van der Waals surface area (Å²) in [6.07, 6.45) is 0. The standard InChI is InChI=1S/C14H24N2O2S/c1-4-16(5-2)10-9-15-13(14(17)18-6-3)12-8-7-11-19-12/h7-8,11,13,15H,4-6,9-10H2,1-3H3. The number of rotatable bonds is 9. The van der Waals surface area contributed by atoms with Crippen LogP contribution < -0.4 is 5.32 Å². The van der Waals surface area contributed by atoms with E-state index >= 15 is 0 Å². The average Bonchev–Trinajstić information content (AvgIpc) is 2.93. The van der Waals surface area contributed by atoms with Crippen molar-refractivity contribution in [2.45, 2.75) is 26.8 Å². The first-order chi connectivity index (χ1) is 9.22. The summed E-state index contributed by atoms with van der Waals surface area (Å²) in [5, 5.41) is 5.28. The molecule has 1 aromatic rings. The maximum absolute atomic E-state index is 12.0. The molecule has 108 valence electrons. The van der Waals surface area contributed by atoms with Crippen molar-refractivity contribution in [1.29, 1.82) is 0 Å². The normalized spacial score (nSPS) is 12.6. The van der Waals surface area contributed by atoms with Gasteiger partial charge in [0.05, 0.1) is 6.61 Å². The molecule has 1 rings (SSSR count). The summed E-state index contributed by atoms with van der Waals surface area (Å²) in [5.74, 6) is -0.190. The van der Waals surface area contributed by atoms with Crippen molar-refractivity contribution < 1.29 is 9.53 Å². The number of esters is 1. The molecule has 0 aliphatic heterocycles. The number of nitrogens with one attached hydrogen (secondary N) is 1. The minimum atomic E-state index is -0.337. The van der Waals surface area contributed by atoms with Gasteiger partial charge in [-0.15, -0.1) is 11.3 Å². The zero-order chi connectivity index (χ0) is 14.1. The van der Waals surface area contributed by atoms with Crippen molar-refractivity contribution in [2.24, 2.45) is 0 Å². The number of hydrogen-bond acceptors (Lipinski definition) is 5. The Hall–Kier alpha value is -0.910. The van der Waals surface area contributed by atoms with E-state index < -0.39 is 0 Å². The molecule has 1 heterocycles. The Morgan fingerprint density at radius 1 is 1.42 bits per heavy atom. The summed E-state index contributed by atoms with van der Waals surface area (Å²) < 4.78 is 5.13. The van der Waals surface area contributed by atoms with Gasteiger partial charge in [-0.05, 0) is 31.5 Å². The van der Waals surface area contributed by atoms with Crippen molar-refractivity contribution in [2.75, 3.05) is 32.8 Å². The van der Waals surface area contributed by atoms with Gasteiger partial charge in [0.15, 0.2) is 0 Å². The smallest absolute Gasteiger partial charge is 0.328 e. The average molecular weight is 284 g/mol. The van der Waals surface area contributed by atoms with Crippen molar-refractivity contribution >= 4 is 17.3 Å². The Morgan fingerprint density at radius 3 is 2.68 bits per heavy atom. The molecule has 0 spiro atoms. The quantitative estimate of drug-likeness (QED) is 0.706. The number of hydrogen-bond donors (Lipinski definition) is 1. The Kier molecular flexibility index (Phi) is 7.70. The molecule has 5 heteroatoms. The molecule has 1 N–H and O–H groups in total. The van der Waals surface area contributed by atoms with Crippen LogP contribution in [0.3, 0.4) is 0 Å². The Morgan fingerprint density at radius 2 is 2.16 bits per heavy atom. The first kappa shape index (κ1) is 16.1. The zero-order valence-corrected chi connectivity index (χ0v) is 12.8. The molecule has 0 bridgehead atoms. The van der Waals surface area contributed by atoms with Gasteiger partial charge in [-0.25, -0.2) is 4.79 Å². The molecule has 0 fully saturated rings. The number of likely N-dealkylation sites (N-methyl/N-ethyl adjacent to an activating group) is 1. The highest BCUT2D eigenvalue weighted by molar-refractivity contribution is 7.10. The minimum Gasteiger partial charge on any atom is -0.465 e. The second-order valence-electron chi connectivity index (χ2n) is 4.18. The van der Waals surface area contributed by atoms with E-state index in [2.05, 4.69) is 24.1 Å². The highest BCUT2D eigenvalue weighted by Crippen LogP contribution is 2.20. The first-order valence-electron chi connectivity index (χ1n) is 6.88. The highest BCUT2D eigenvalue weighted by Gasteiger charge is 2.22. The third-order valence-corrected chi connectivity index (χ3v) is 3.96. The molecule has 0 aromatic carbocycles. The van der Waals surface area contributed by atoms with Crippen molar-refractivity contribution in [1.82, 2.24) is 10.2 Å². The number of ether oxygens (including phenoxy) is 1. The van der Waals surface area contributed by atoms with Gasteiger partial charge < -0.3 is 9.64 Å². The minimum absolute atomic E-state index is 0.190. The molecule has 0 amide bonds. The molecule has 1 unspecified atom stereocenters. The molecule has 0 radical (unpaired) electrons. The fourth-order valence-electron chi connectivity index (χ4n) is 1.89. The third kappa shape index (κ3) is 5.30. The zero-order valence-electron chi connectivity index (χ0n) is 12.0. The maximum atomic E-state index is 12.0. The molecule has 1 aromatic heterocycles. The van der Waals surface area contributed by atoms with Gasteiger partial charge in [0.1, 0.15) is 6.04 Å². The van der Waals surface area contributed by atoms with E-state index in [1.807, 2.05) is 24.4 Å². The molecular formula is C14H24N2O2S. The van der Waals surface area contributed by atoms with Gasteiger partial charge in [-0.2, -0.15) is 0 Å². The predicted molar refractivity (Wildman–Crippen MR) is 79.5 cm³/mol. The van der Waals surface area contributed by atoms with E-state index in [4.69, 9.17) is 4.74 Å². The molecule has 0 saturated heterocycles. The summed E-state index contributed by atoms with van der Waals surface area (Å²) >= 11 is 1.58. The second kappa shape index (κ2) is 9.07. The topological polar surface area (TPSA) is 41.6 Å². The maximum Gasteiger partial charge on any atom is 0.328 e. The van der Waals surface area contributed by atoms with Crippen LogP contribution in [0.5, 0.6) is 0 Å². The Bertz CT molecular complexity index is 350. The van der Waals surface area contributed by atoms with Crippen molar-refractivity contribution in [3.8, 4) is 0 Å². The third-order valence-electron chi connectivity index (χ3n) is 3.02. The summed E-state index contributed by atoms with van der Waals surface area (Å²) in [6.45, 7) is 10.3. The molecule has 0 saturated carbocycles. The molecular weight excluding hydrogens is 260 g/mol. The Labute approximate surface area is 119 Å². The summed E-state index contributed by atoms with van der Waals surface area (Å²) in [6, 6.07) is 3.59. The lowest BCUT2D eigenvalue weighted by atomic mass is 10.2. The molecule has 0 aliphatic rings. The highest BCUT2D eigenvalue weighted by atomic mass is 32.1. The van der Waals surface area contributed by atoms with Gasteiger partial charge in [0.2, 0.25) is 0 Å². The fourth-order valence-corrected chi connectivity index (χ4v) is 2.68. The van der Waals surface area contributed by atoms with E-state index in [1.165, 1.54) is 0 Å². The van der Waals surface area contributed by atoms with Gasteiger partial charge in [-0.1, -0.05) is 19.9 Å². The van der Waals surface area contributed by atoms with Crippen LogP contribution in [0.25, 0.3) is 0 Å². The van der Waals surface area contributed by atoms with Crippen LogP contribution in [0, 0.1) is 0 Å². The predicted octanol–water partition coefficient (Wildman–Crippen LogP) is 2.28. The fraction of sp³-hybridized carbons (Fsp3) is 0.643. The van der Waals surface area contributed by atoms with Crippen LogP contribution >= 0.6 is 11.3 Å². The first-order valence-corrected chi connectivity index (χ1v) is 7.76. The molecule has 4 nitrogen and oxygen atoms in total. The SMILES string of the molecule is CCOC(=O)C(NCCN(CC)CC)c1cccs1. The summed E-state index contributed by atoms with van der Waals surface area (Å²) in [5.41, 5.74) is 0. The van der Waals surface area contributed by atoms with E-state index in [1.54, 1.807) is 11.3 Å². The van der Waals surface area contributed by atoms with E-state index in [0.29, 0.717) is 6.61 Å². The lowest BCUT2D eigenvalue weighted by Gasteiger charge is -2.21. The van der Waals surface area contributed by atoms with Crippen LogP contribution in [-0.2, 0) is 9.53 Å². The van der Waals surface area contributed by atoms with Crippen LogP contribution in [0.2, 0.25) is 0 Å². The molecule has 19 heavy (non-hydrogen) atoms. The van der Waals surface area contributed by atoms with Crippen LogP contribution in [0.4, 0.5) is 0 Å². The molecule has 0 aliphatic carbocycles. The number of thiophene rings is 1. The van der Waals surface area contributed by atoms with Crippen molar-refractivity contribution in [3.63, 3.8) is 0 Å². The van der Waals surface area contributed by atoms with Gasteiger partial charge in [0.25, 0.3) is 0 Å². The summed E-state index contributed by atoms with van der Waals surface area (Å²) in [7, 11) is 0. The number of carbonyl (C=O) groups is 1. The lowest BCUT2D eigenvalue weighted by molar-refractivity contribution is -0.145. The van der Waals surface area contributed by atoms with Crippen LogP contribution in [0.1, 0.15) is 31.7 Å². The van der Waals surface area contributed by atoms with E-state index in [-0.39, 0.29) is 12.0 Å². The number of carbonyl (C=O) groups excluding carboxylic acids is 1.